The predicted octanol–water partition coefficient (Wildman–Crippen LogP) is 20.1. The number of rotatable bonds is 6. The summed E-state index contributed by atoms with van der Waals surface area (Å²) < 4.78 is 7.29. The molecular weight excluding hydrogens is 897 g/mol. The molecule has 0 saturated heterocycles. The van der Waals surface area contributed by atoms with Crippen LogP contribution in [0.1, 0.15) is 128 Å². The third-order valence-corrected chi connectivity index (χ3v) is 16.1. The summed E-state index contributed by atoms with van der Waals surface area (Å²) in [7, 11) is 0. The van der Waals surface area contributed by atoms with Crippen molar-refractivity contribution in [2.75, 3.05) is 9.80 Å². The fourth-order valence-electron chi connectivity index (χ4n) is 12.1. The first-order valence-electron chi connectivity index (χ1n) is 26.6. The molecule has 9 aromatic carbocycles. The number of nitrogens with zero attached hydrogens (tertiary/aromatic N) is 2. The van der Waals surface area contributed by atoms with Crippen LogP contribution in [0.2, 0.25) is 0 Å². The van der Waals surface area contributed by atoms with E-state index >= 15 is 0 Å². The number of furan rings is 1. The lowest BCUT2D eigenvalue weighted by Gasteiger charge is -2.33. The van der Waals surface area contributed by atoms with Crippen molar-refractivity contribution in [3.8, 4) is 22.3 Å². The molecule has 3 heteroatoms. The Hall–Kier alpha value is -7.62. The molecule has 0 atom stereocenters. The number of para-hydroxylation sites is 1. The van der Waals surface area contributed by atoms with Crippen LogP contribution in [-0.2, 0) is 27.1 Å². The summed E-state index contributed by atoms with van der Waals surface area (Å²) in [6.07, 6.45) is 0. The second-order valence-electron chi connectivity index (χ2n) is 25.1. The van der Waals surface area contributed by atoms with Gasteiger partial charge in [-0.25, -0.2) is 0 Å². The molecule has 1 heterocycles. The van der Waals surface area contributed by atoms with Gasteiger partial charge in [-0.3, -0.25) is 0 Å². The van der Waals surface area contributed by atoms with Crippen LogP contribution in [-0.4, -0.2) is 0 Å². The van der Waals surface area contributed by atoms with Crippen LogP contribution in [0.15, 0.2) is 199 Å². The van der Waals surface area contributed by atoms with E-state index in [-0.39, 0.29) is 21.7 Å². The van der Waals surface area contributed by atoms with E-state index in [2.05, 4.69) is 287 Å². The lowest BCUT2D eigenvalue weighted by Crippen LogP contribution is -2.26. The van der Waals surface area contributed by atoms with E-state index in [0.717, 1.165) is 56.1 Å². The quantitative estimate of drug-likeness (QED) is 0.166. The molecule has 0 aliphatic heterocycles. The Kier molecular flexibility index (Phi) is 10.7. The summed E-state index contributed by atoms with van der Waals surface area (Å²) in [5.41, 5.74) is 22.8. The van der Waals surface area contributed by atoms with Crippen LogP contribution in [0.5, 0.6) is 0 Å². The maximum absolute atomic E-state index is 7.29. The van der Waals surface area contributed by atoms with Gasteiger partial charge in [0.15, 0.2) is 5.58 Å². The van der Waals surface area contributed by atoms with Crippen molar-refractivity contribution < 1.29 is 4.42 Å². The van der Waals surface area contributed by atoms with E-state index in [4.69, 9.17) is 4.42 Å². The van der Waals surface area contributed by atoms with E-state index in [1.807, 2.05) is 0 Å². The highest BCUT2D eigenvalue weighted by molar-refractivity contribution is 6.17. The van der Waals surface area contributed by atoms with Crippen molar-refractivity contribution in [1.82, 2.24) is 0 Å². The van der Waals surface area contributed by atoms with Gasteiger partial charge in [-0.2, -0.15) is 0 Å². The number of hydrogen-bond donors (Lipinski definition) is 0. The summed E-state index contributed by atoms with van der Waals surface area (Å²) in [6, 6.07) is 73.7. The number of anilines is 6. The normalized spacial score (nSPS) is 13.8. The lowest BCUT2D eigenvalue weighted by atomic mass is 9.70. The summed E-state index contributed by atoms with van der Waals surface area (Å²) in [5.74, 6) is 0. The highest BCUT2D eigenvalue weighted by Crippen LogP contribution is 2.67. The SMILES string of the molecule is CC(C)(C)c1ccc(N(c2ccc(C(C)(C)C)cc2)c2ccc3c(c2)C2(c4ccccc4-c4ccccc42)c2cc4c(oc5ccccc54)c(N(c4ccc(C(C)(C)C)cc4)c4ccc(C(C)(C)C)cc4)c2-3)cc1. The van der Waals surface area contributed by atoms with Crippen LogP contribution in [0, 0.1) is 0 Å². The van der Waals surface area contributed by atoms with Crippen LogP contribution in [0.3, 0.4) is 0 Å². The minimum atomic E-state index is -0.676. The third-order valence-electron chi connectivity index (χ3n) is 16.1. The lowest BCUT2D eigenvalue weighted by molar-refractivity contribution is 0.590. The van der Waals surface area contributed by atoms with Gasteiger partial charge in [0.1, 0.15) is 5.58 Å². The molecule has 1 spiro atoms. The van der Waals surface area contributed by atoms with E-state index in [1.54, 1.807) is 0 Å². The molecule has 12 rings (SSSR count). The maximum Gasteiger partial charge on any atom is 0.160 e. The molecule has 0 N–H and O–H groups in total. The van der Waals surface area contributed by atoms with Crippen LogP contribution in [0.25, 0.3) is 44.2 Å². The van der Waals surface area contributed by atoms with Gasteiger partial charge in [0, 0.05) is 44.8 Å². The first-order chi connectivity index (χ1) is 35.2. The first-order valence-corrected chi connectivity index (χ1v) is 26.6. The molecule has 74 heavy (non-hydrogen) atoms. The van der Waals surface area contributed by atoms with Gasteiger partial charge < -0.3 is 14.2 Å². The minimum Gasteiger partial charge on any atom is -0.454 e. The van der Waals surface area contributed by atoms with Gasteiger partial charge in [0.2, 0.25) is 0 Å². The van der Waals surface area contributed by atoms with Crippen molar-refractivity contribution >= 4 is 56.1 Å². The van der Waals surface area contributed by atoms with Gasteiger partial charge in [-0.15, -0.1) is 0 Å². The van der Waals surface area contributed by atoms with Gasteiger partial charge >= 0.3 is 0 Å². The Bertz CT molecular complexity index is 3630. The highest BCUT2D eigenvalue weighted by atomic mass is 16.3. The Labute approximate surface area is 439 Å². The van der Waals surface area contributed by atoms with Crippen molar-refractivity contribution in [3.05, 3.63) is 239 Å². The molecule has 368 valence electrons. The molecule has 0 saturated carbocycles. The predicted molar refractivity (Wildman–Crippen MR) is 314 cm³/mol. The molecular formula is C71H68N2O. The molecule has 1 aromatic heterocycles. The number of benzene rings is 9. The molecule has 0 unspecified atom stereocenters. The zero-order valence-corrected chi connectivity index (χ0v) is 45.3. The third kappa shape index (κ3) is 7.44. The first kappa shape index (κ1) is 47.4. The van der Waals surface area contributed by atoms with Crippen molar-refractivity contribution in [1.29, 1.82) is 0 Å². The molecule has 2 aliphatic rings. The van der Waals surface area contributed by atoms with Crippen LogP contribution < -0.4 is 9.80 Å². The highest BCUT2D eigenvalue weighted by Gasteiger charge is 2.53. The van der Waals surface area contributed by atoms with E-state index in [1.165, 1.54) is 66.8 Å². The van der Waals surface area contributed by atoms with Gasteiger partial charge in [0.25, 0.3) is 0 Å². The van der Waals surface area contributed by atoms with Crippen LogP contribution in [0.4, 0.5) is 34.1 Å². The summed E-state index contributed by atoms with van der Waals surface area (Å²) >= 11 is 0. The Morgan fingerprint density at radius 1 is 0.324 bits per heavy atom. The largest absolute Gasteiger partial charge is 0.454 e. The maximum atomic E-state index is 7.29. The second kappa shape index (κ2) is 16.7. The summed E-state index contributed by atoms with van der Waals surface area (Å²) in [6.45, 7) is 27.5. The number of fused-ring (bicyclic) bond motifs is 13. The smallest absolute Gasteiger partial charge is 0.160 e. The monoisotopic (exact) mass is 965 g/mol. The zero-order chi connectivity index (χ0) is 51.7. The summed E-state index contributed by atoms with van der Waals surface area (Å²) in [5, 5.41) is 2.21. The Balaban J connectivity index is 1.21. The topological polar surface area (TPSA) is 19.6 Å². The van der Waals surface area contributed by atoms with E-state index < -0.39 is 5.41 Å². The van der Waals surface area contributed by atoms with Gasteiger partial charge in [-0.1, -0.05) is 204 Å². The van der Waals surface area contributed by atoms with Crippen molar-refractivity contribution in [2.24, 2.45) is 0 Å². The zero-order valence-electron chi connectivity index (χ0n) is 45.3. The standard InChI is InChI=1S/C71H68N2O/c1-67(2,3)45-25-33-49(34-26-45)72(50-35-27-46(28-36-50)68(4,5)6)53-41-42-57-61(43-53)71(59-22-16-13-19-54(59)55-20-14-17-23-60(55)71)62-44-58-56-21-15-18-24-63(56)74-66(58)65(64(57)62)73(51-37-29-47(30-38-51)69(7,8)9)52-39-31-48(32-40-52)70(10,11)12/h13-44H,1-12H3. The molecule has 0 amide bonds. The fourth-order valence-corrected chi connectivity index (χ4v) is 12.1. The average Bonchev–Trinajstić information content (AvgIpc) is 4.06. The molecule has 0 radical (unpaired) electrons. The van der Waals surface area contributed by atoms with Crippen molar-refractivity contribution in [3.63, 3.8) is 0 Å². The molecule has 0 bridgehead atoms. The Morgan fingerprint density at radius 3 is 1.16 bits per heavy atom. The second-order valence-corrected chi connectivity index (χ2v) is 25.1. The molecule has 3 nitrogen and oxygen atoms in total. The minimum absolute atomic E-state index is 0.0128. The number of hydrogen-bond acceptors (Lipinski definition) is 3. The van der Waals surface area contributed by atoms with Crippen molar-refractivity contribution in [2.45, 2.75) is 110 Å². The molecule has 10 aromatic rings. The fraction of sp³-hybridized carbons (Fsp3) is 0.239. The van der Waals surface area contributed by atoms with Crippen LogP contribution >= 0.6 is 0 Å². The van der Waals surface area contributed by atoms with E-state index in [0.29, 0.717) is 0 Å². The molecule has 2 aliphatic carbocycles. The van der Waals surface area contributed by atoms with Gasteiger partial charge in [-0.05, 0) is 156 Å². The van der Waals surface area contributed by atoms with Gasteiger partial charge in [0.05, 0.1) is 11.1 Å². The van der Waals surface area contributed by atoms with E-state index in [9.17, 15) is 0 Å². The summed E-state index contributed by atoms with van der Waals surface area (Å²) in [4.78, 5) is 4.95. The Morgan fingerprint density at radius 2 is 0.716 bits per heavy atom. The molecule has 0 fully saturated rings. The average molecular weight is 965 g/mol.